The number of nitrogens with zero attached hydrogens (tertiary/aromatic N) is 2. The van der Waals surface area contributed by atoms with Gasteiger partial charge in [0.15, 0.2) is 23.0 Å². The molecule has 2 aliphatic rings. The van der Waals surface area contributed by atoms with Gasteiger partial charge < -0.3 is 28.6 Å². The van der Waals surface area contributed by atoms with E-state index in [4.69, 9.17) is 18.6 Å². The van der Waals surface area contributed by atoms with Gasteiger partial charge in [0.25, 0.3) is 5.91 Å². The molecule has 4 rings (SSSR count). The van der Waals surface area contributed by atoms with E-state index in [0.717, 1.165) is 26.1 Å². The third kappa shape index (κ3) is 5.42. The summed E-state index contributed by atoms with van der Waals surface area (Å²) in [5.41, 5.74) is 0.649. The maximum absolute atomic E-state index is 13.5. The van der Waals surface area contributed by atoms with E-state index in [1.54, 1.807) is 49.3 Å². The number of ketones is 1. The number of aliphatic hydroxyl groups is 1. The Morgan fingerprint density at radius 1 is 1.14 bits per heavy atom. The lowest BCUT2D eigenvalue weighted by molar-refractivity contribution is -0.129. The second kappa shape index (κ2) is 11.6. The first-order chi connectivity index (χ1) is 17.4. The summed E-state index contributed by atoms with van der Waals surface area (Å²) in [6.45, 7) is 8.53. The van der Waals surface area contributed by atoms with Gasteiger partial charge in [0, 0.05) is 26.2 Å². The van der Waals surface area contributed by atoms with Gasteiger partial charge in [-0.2, -0.15) is 0 Å². The molecule has 0 aliphatic carbocycles. The van der Waals surface area contributed by atoms with Crippen molar-refractivity contribution in [1.82, 2.24) is 9.80 Å². The quantitative estimate of drug-likeness (QED) is 0.468. The second-order valence-electron chi connectivity index (χ2n) is 8.97. The monoisotopic (exact) mass is 498 g/mol. The van der Waals surface area contributed by atoms with Crippen molar-refractivity contribution in [2.24, 2.45) is 0 Å². The molecule has 2 aromatic rings. The summed E-state index contributed by atoms with van der Waals surface area (Å²) in [4.78, 5) is 30.5. The van der Waals surface area contributed by atoms with E-state index in [2.05, 4.69) is 4.90 Å². The molecule has 0 unspecified atom stereocenters. The number of carbonyl (C=O) groups is 2. The van der Waals surface area contributed by atoms with Crippen molar-refractivity contribution >= 4 is 11.7 Å². The Kier molecular flexibility index (Phi) is 8.32. The largest absolute Gasteiger partial charge is 0.503 e. The molecule has 1 aromatic heterocycles. The molecule has 9 heteroatoms. The van der Waals surface area contributed by atoms with Gasteiger partial charge in [0.2, 0.25) is 5.78 Å². The molecule has 0 bridgehead atoms. The number of morpholine rings is 1. The topological polar surface area (TPSA) is 102 Å². The van der Waals surface area contributed by atoms with Gasteiger partial charge in [-0.1, -0.05) is 13.0 Å². The molecule has 194 valence electrons. The Morgan fingerprint density at radius 2 is 1.92 bits per heavy atom. The molecule has 1 aromatic carbocycles. The number of rotatable bonds is 11. The minimum Gasteiger partial charge on any atom is -0.503 e. The van der Waals surface area contributed by atoms with Crippen molar-refractivity contribution < 1.29 is 33.3 Å². The number of furan rings is 1. The maximum atomic E-state index is 13.5. The van der Waals surface area contributed by atoms with Gasteiger partial charge in [-0.05, 0) is 49.6 Å². The van der Waals surface area contributed by atoms with E-state index in [1.165, 1.54) is 0 Å². The third-order valence-corrected chi connectivity index (χ3v) is 6.45. The predicted molar refractivity (Wildman–Crippen MR) is 133 cm³/mol. The van der Waals surface area contributed by atoms with Gasteiger partial charge in [-0.3, -0.25) is 14.5 Å². The summed E-state index contributed by atoms with van der Waals surface area (Å²) in [6.07, 6.45) is 1.53. The number of amides is 1. The Bertz CT molecular complexity index is 1120. The minimum absolute atomic E-state index is 0.00463. The third-order valence-electron chi connectivity index (χ3n) is 6.45. The molecule has 0 radical (unpaired) electrons. The maximum Gasteiger partial charge on any atom is 0.290 e. The number of aliphatic hydroxyl groups excluding tert-OH is 1. The average Bonchev–Trinajstić information content (AvgIpc) is 3.44. The van der Waals surface area contributed by atoms with E-state index < -0.39 is 23.5 Å². The highest BCUT2D eigenvalue weighted by atomic mass is 16.5. The lowest BCUT2D eigenvalue weighted by Gasteiger charge is -2.30. The first kappa shape index (κ1) is 25.8. The summed E-state index contributed by atoms with van der Waals surface area (Å²) < 4.78 is 22.3. The zero-order chi connectivity index (χ0) is 25.7. The zero-order valence-electron chi connectivity index (χ0n) is 21.1. The Hall–Kier alpha value is -3.30. The molecule has 36 heavy (non-hydrogen) atoms. The van der Waals surface area contributed by atoms with Crippen LogP contribution in [0.5, 0.6) is 11.5 Å². The van der Waals surface area contributed by atoms with E-state index in [9.17, 15) is 14.7 Å². The minimum atomic E-state index is -0.783. The highest BCUT2D eigenvalue weighted by Crippen LogP contribution is 2.42. The van der Waals surface area contributed by atoms with E-state index in [-0.39, 0.29) is 11.3 Å². The first-order valence-electron chi connectivity index (χ1n) is 12.4. The van der Waals surface area contributed by atoms with Crippen LogP contribution < -0.4 is 9.47 Å². The Morgan fingerprint density at radius 3 is 2.58 bits per heavy atom. The molecular formula is C27H34N2O7. The van der Waals surface area contributed by atoms with Crippen LogP contribution in [0.4, 0.5) is 0 Å². The van der Waals surface area contributed by atoms with Crippen LogP contribution >= 0.6 is 0 Å². The fraction of sp³-hybridized carbons (Fsp3) is 0.481. The highest BCUT2D eigenvalue weighted by molar-refractivity contribution is 6.15. The van der Waals surface area contributed by atoms with Crippen molar-refractivity contribution in [2.75, 3.05) is 53.1 Å². The number of hydrogen-bond donors (Lipinski definition) is 1. The number of carbonyl (C=O) groups excluding carboxylic acids is 2. The Labute approximate surface area is 211 Å². The predicted octanol–water partition coefficient (Wildman–Crippen LogP) is 3.69. The van der Waals surface area contributed by atoms with Crippen LogP contribution in [0.25, 0.3) is 0 Å². The summed E-state index contributed by atoms with van der Waals surface area (Å²) in [5.74, 6) is 0.0925. The molecule has 0 saturated carbocycles. The molecule has 1 amide bonds. The molecule has 1 fully saturated rings. The van der Waals surface area contributed by atoms with Crippen LogP contribution in [0.2, 0.25) is 0 Å². The molecule has 1 saturated heterocycles. The van der Waals surface area contributed by atoms with Gasteiger partial charge in [0.1, 0.15) is 5.76 Å². The zero-order valence-corrected chi connectivity index (χ0v) is 21.1. The summed E-state index contributed by atoms with van der Waals surface area (Å²) in [5, 5.41) is 10.9. The van der Waals surface area contributed by atoms with Crippen LogP contribution in [-0.2, 0) is 9.53 Å². The number of methoxy groups -OCH3 is 1. The van der Waals surface area contributed by atoms with Crippen LogP contribution in [0.1, 0.15) is 47.7 Å². The highest BCUT2D eigenvalue weighted by Gasteiger charge is 2.44. The summed E-state index contributed by atoms with van der Waals surface area (Å²) >= 11 is 0. The molecule has 0 spiro atoms. The number of aryl methyl sites for hydroxylation is 1. The van der Waals surface area contributed by atoms with E-state index in [1.807, 2.05) is 6.92 Å². The fourth-order valence-electron chi connectivity index (χ4n) is 4.63. The molecular weight excluding hydrogens is 464 g/mol. The lowest BCUT2D eigenvalue weighted by atomic mass is 9.94. The standard InChI is InChI=1S/C27H34N2O7/c1-4-14-35-20-9-7-19(17-22(20)33-3)24-23(25(30)21-8-6-18(2)36-21)26(31)27(32)29(24)11-5-10-28-12-15-34-16-13-28/h6-9,17,24,31H,4-5,10-16H2,1-3H3/t24-/m1/s1. The Balaban J connectivity index is 1.65. The molecule has 3 heterocycles. The van der Waals surface area contributed by atoms with Crippen LogP contribution in [-0.4, -0.2) is 79.7 Å². The smallest absolute Gasteiger partial charge is 0.290 e. The number of benzene rings is 1. The molecule has 1 N–H and O–H groups in total. The van der Waals surface area contributed by atoms with E-state index >= 15 is 0 Å². The summed E-state index contributed by atoms with van der Waals surface area (Å²) in [6, 6.07) is 7.79. The molecule has 2 aliphatic heterocycles. The van der Waals surface area contributed by atoms with Crippen LogP contribution in [0.15, 0.2) is 46.1 Å². The summed E-state index contributed by atoms with van der Waals surface area (Å²) in [7, 11) is 1.54. The van der Waals surface area contributed by atoms with Gasteiger partial charge in [-0.15, -0.1) is 0 Å². The molecule has 9 nitrogen and oxygen atoms in total. The fourth-order valence-corrected chi connectivity index (χ4v) is 4.63. The lowest BCUT2D eigenvalue weighted by Crippen LogP contribution is -2.39. The van der Waals surface area contributed by atoms with Crippen molar-refractivity contribution in [2.45, 2.75) is 32.7 Å². The molecule has 1 atom stereocenters. The van der Waals surface area contributed by atoms with Gasteiger partial charge >= 0.3 is 0 Å². The van der Waals surface area contributed by atoms with Crippen molar-refractivity contribution in [1.29, 1.82) is 0 Å². The van der Waals surface area contributed by atoms with Crippen LogP contribution in [0, 0.1) is 6.92 Å². The van der Waals surface area contributed by atoms with E-state index in [0.29, 0.717) is 55.6 Å². The van der Waals surface area contributed by atoms with Gasteiger partial charge in [-0.25, -0.2) is 0 Å². The average molecular weight is 499 g/mol. The normalized spacial score (nSPS) is 18.7. The van der Waals surface area contributed by atoms with Crippen molar-refractivity contribution in [3.05, 3.63) is 58.7 Å². The first-order valence-corrected chi connectivity index (χ1v) is 12.4. The number of hydrogen-bond acceptors (Lipinski definition) is 8. The van der Waals surface area contributed by atoms with Gasteiger partial charge in [0.05, 0.1) is 38.5 Å². The number of Topliss-reactive ketones (excluding diaryl/α,β-unsaturated/α-hetero) is 1. The number of ether oxygens (including phenoxy) is 3. The van der Waals surface area contributed by atoms with Crippen molar-refractivity contribution in [3.8, 4) is 11.5 Å². The van der Waals surface area contributed by atoms with Crippen LogP contribution in [0.3, 0.4) is 0 Å². The second-order valence-corrected chi connectivity index (χ2v) is 8.97. The van der Waals surface area contributed by atoms with Crippen molar-refractivity contribution in [3.63, 3.8) is 0 Å². The SMILES string of the molecule is CCCOc1ccc([C@@H]2C(C(=O)c3ccc(C)o3)=C(O)C(=O)N2CCCN2CCOCC2)cc1OC.